The molecule has 5 heteroatoms. The lowest BCUT2D eigenvalue weighted by atomic mass is 10.1. The molecule has 2 amide bonds. The SMILES string of the molecule is C=CCN1C(=O)c2ccccc2Sc2ccc(C(=O)N[C@H](C)c3ccccc3)cc21. The van der Waals surface area contributed by atoms with Gasteiger partial charge in [0.1, 0.15) is 0 Å². The average Bonchev–Trinajstić information content (AvgIpc) is 2.89. The minimum absolute atomic E-state index is 0.0908. The molecular formula is C25H22N2O2S. The molecule has 4 nitrogen and oxygen atoms in total. The first-order valence-electron chi connectivity index (χ1n) is 9.78. The summed E-state index contributed by atoms with van der Waals surface area (Å²) in [5.41, 5.74) is 2.94. The van der Waals surface area contributed by atoms with Crippen molar-refractivity contribution >= 4 is 29.3 Å². The van der Waals surface area contributed by atoms with Gasteiger partial charge in [-0.3, -0.25) is 9.59 Å². The van der Waals surface area contributed by atoms with Gasteiger partial charge in [-0.25, -0.2) is 0 Å². The number of hydrogen-bond acceptors (Lipinski definition) is 3. The molecule has 0 saturated carbocycles. The molecule has 0 unspecified atom stereocenters. The van der Waals surface area contributed by atoms with E-state index in [9.17, 15) is 9.59 Å². The van der Waals surface area contributed by atoms with E-state index in [2.05, 4.69) is 11.9 Å². The molecule has 3 aromatic rings. The number of carbonyl (C=O) groups excluding carboxylic acids is 2. The van der Waals surface area contributed by atoms with E-state index in [0.717, 1.165) is 21.0 Å². The Morgan fingerprint density at radius 3 is 2.57 bits per heavy atom. The van der Waals surface area contributed by atoms with Crippen molar-refractivity contribution in [2.75, 3.05) is 11.4 Å². The van der Waals surface area contributed by atoms with E-state index in [1.54, 1.807) is 17.0 Å². The summed E-state index contributed by atoms with van der Waals surface area (Å²) >= 11 is 1.54. The van der Waals surface area contributed by atoms with Crippen molar-refractivity contribution in [3.05, 3.63) is 102 Å². The zero-order valence-corrected chi connectivity index (χ0v) is 17.5. The van der Waals surface area contributed by atoms with Crippen LogP contribution in [-0.4, -0.2) is 18.4 Å². The molecule has 150 valence electrons. The standard InChI is InChI=1S/C25H22N2O2S/c1-3-15-27-21-16-19(24(28)26-17(2)18-9-5-4-6-10-18)13-14-23(21)30-22-12-8-7-11-20(22)25(27)29/h3-14,16-17H,1,15H2,2H3,(H,26,28)/t17-/m1/s1. The number of hydrogen-bond donors (Lipinski definition) is 1. The molecule has 1 aliphatic rings. The Morgan fingerprint density at radius 2 is 1.80 bits per heavy atom. The Morgan fingerprint density at radius 1 is 1.07 bits per heavy atom. The second kappa shape index (κ2) is 8.59. The predicted octanol–water partition coefficient (Wildman–Crippen LogP) is 5.48. The third-order valence-electron chi connectivity index (χ3n) is 5.05. The van der Waals surface area contributed by atoms with Gasteiger partial charge in [0, 0.05) is 21.9 Å². The Labute approximate surface area is 180 Å². The molecule has 0 spiro atoms. The molecule has 1 atom stereocenters. The van der Waals surface area contributed by atoms with Gasteiger partial charge >= 0.3 is 0 Å². The normalized spacial score (nSPS) is 13.6. The molecule has 30 heavy (non-hydrogen) atoms. The minimum atomic E-state index is -0.174. The number of rotatable bonds is 5. The number of fused-ring (bicyclic) bond motifs is 2. The highest BCUT2D eigenvalue weighted by Gasteiger charge is 2.27. The summed E-state index contributed by atoms with van der Waals surface area (Å²) in [6.45, 7) is 6.12. The predicted molar refractivity (Wildman–Crippen MR) is 121 cm³/mol. The van der Waals surface area contributed by atoms with Crippen LogP contribution in [0, 0.1) is 0 Å². The maximum atomic E-state index is 13.2. The maximum absolute atomic E-state index is 13.2. The summed E-state index contributed by atoms with van der Waals surface area (Å²) in [6.07, 6.45) is 1.70. The molecule has 1 N–H and O–H groups in total. The average molecular weight is 415 g/mol. The molecule has 0 saturated heterocycles. The molecule has 0 fully saturated rings. The van der Waals surface area contributed by atoms with Crippen LogP contribution in [0.1, 0.15) is 39.2 Å². The van der Waals surface area contributed by atoms with Crippen molar-refractivity contribution in [3.8, 4) is 0 Å². The van der Waals surface area contributed by atoms with Crippen molar-refractivity contribution in [1.29, 1.82) is 0 Å². The molecule has 3 aromatic carbocycles. The van der Waals surface area contributed by atoms with Gasteiger partial charge in [0.15, 0.2) is 0 Å². The van der Waals surface area contributed by atoms with Crippen LogP contribution >= 0.6 is 11.8 Å². The largest absolute Gasteiger partial charge is 0.346 e. The number of benzene rings is 3. The van der Waals surface area contributed by atoms with Gasteiger partial charge in [-0.15, -0.1) is 6.58 Å². The van der Waals surface area contributed by atoms with Crippen LogP contribution in [0.3, 0.4) is 0 Å². The van der Waals surface area contributed by atoms with Crippen LogP contribution in [-0.2, 0) is 0 Å². The first-order valence-corrected chi connectivity index (χ1v) is 10.6. The molecule has 0 aromatic heterocycles. The quantitative estimate of drug-likeness (QED) is 0.563. The molecule has 1 heterocycles. The van der Waals surface area contributed by atoms with Crippen LogP contribution in [0.2, 0.25) is 0 Å². The van der Waals surface area contributed by atoms with Gasteiger partial charge in [-0.05, 0) is 42.8 Å². The number of nitrogens with zero attached hydrogens (tertiary/aromatic N) is 1. The molecule has 0 bridgehead atoms. The van der Waals surface area contributed by atoms with Crippen molar-refractivity contribution in [3.63, 3.8) is 0 Å². The highest BCUT2D eigenvalue weighted by atomic mass is 32.2. The molecule has 0 aliphatic carbocycles. The Kier molecular flexibility index (Phi) is 5.72. The van der Waals surface area contributed by atoms with Gasteiger partial charge in [0.2, 0.25) is 0 Å². The zero-order chi connectivity index (χ0) is 21.1. The van der Waals surface area contributed by atoms with E-state index in [4.69, 9.17) is 0 Å². The molecule has 1 aliphatic heterocycles. The van der Waals surface area contributed by atoms with E-state index in [-0.39, 0.29) is 17.9 Å². The summed E-state index contributed by atoms with van der Waals surface area (Å²) in [5.74, 6) is -0.265. The highest BCUT2D eigenvalue weighted by molar-refractivity contribution is 7.99. The summed E-state index contributed by atoms with van der Waals surface area (Å²) in [6, 6.07) is 22.8. The summed E-state index contributed by atoms with van der Waals surface area (Å²) < 4.78 is 0. The third kappa shape index (κ3) is 3.89. The van der Waals surface area contributed by atoms with Gasteiger partial charge in [-0.1, -0.05) is 60.3 Å². The van der Waals surface area contributed by atoms with Crippen LogP contribution in [0.25, 0.3) is 0 Å². The number of nitrogens with one attached hydrogen (secondary N) is 1. The molecule has 4 rings (SSSR count). The Bertz CT molecular complexity index is 1110. The van der Waals surface area contributed by atoms with Gasteiger partial charge in [-0.2, -0.15) is 0 Å². The highest BCUT2D eigenvalue weighted by Crippen LogP contribution is 2.41. The van der Waals surface area contributed by atoms with E-state index >= 15 is 0 Å². The fourth-order valence-electron chi connectivity index (χ4n) is 3.48. The first kappa shape index (κ1) is 20.0. The van der Waals surface area contributed by atoms with Crippen molar-refractivity contribution in [1.82, 2.24) is 5.32 Å². The lowest BCUT2D eigenvalue weighted by Crippen LogP contribution is -2.31. The fraction of sp³-hybridized carbons (Fsp3) is 0.120. The molecule has 0 radical (unpaired) electrons. The van der Waals surface area contributed by atoms with Crippen LogP contribution < -0.4 is 10.2 Å². The number of carbonyl (C=O) groups is 2. The first-order chi connectivity index (χ1) is 14.6. The van der Waals surface area contributed by atoms with Gasteiger partial charge < -0.3 is 10.2 Å². The minimum Gasteiger partial charge on any atom is -0.346 e. The van der Waals surface area contributed by atoms with E-state index in [0.29, 0.717) is 17.7 Å². The smallest absolute Gasteiger partial charge is 0.259 e. The second-order valence-corrected chi connectivity index (χ2v) is 8.17. The van der Waals surface area contributed by atoms with Crippen LogP contribution in [0.15, 0.2) is 95.2 Å². The summed E-state index contributed by atoms with van der Waals surface area (Å²) in [7, 11) is 0. The Balaban J connectivity index is 1.67. The van der Waals surface area contributed by atoms with Crippen LogP contribution in [0.5, 0.6) is 0 Å². The zero-order valence-electron chi connectivity index (χ0n) is 16.7. The van der Waals surface area contributed by atoms with Crippen molar-refractivity contribution < 1.29 is 9.59 Å². The maximum Gasteiger partial charge on any atom is 0.259 e. The molecular weight excluding hydrogens is 392 g/mol. The van der Waals surface area contributed by atoms with Crippen LogP contribution in [0.4, 0.5) is 5.69 Å². The summed E-state index contributed by atoms with van der Waals surface area (Å²) in [4.78, 5) is 29.6. The fourth-order valence-corrected chi connectivity index (χ4v) is 4.54. The van der Waals surface area contributed by atoms with Gasteiger partial charge in [0.05, 0.1) is 17.3 Å². The number of anilines is 1. The third-order valence-corrected chi connectivity index (χ3v) is 6.19. The lowest BCUT2D eigenvalue weighted by Gasteiger charge is -2.22. The van der Waals surface area contributed by atoms with E-state index < -0.39 is 0 Å². The van der Waals surface area contributed by atoms with Crippen molar-refractivity contribution in [2.45, 2.75) is 22.8 Å². The van der Waals surface area contributed by atoms with Crippen molar-refractivity contribution in [2.24, 2.45) is 0 Å². The topological polar surface area (TPSA) is 49.4 Å². The van der Waals surface area contributed by atoms with Gasteiger partial charge in [0.25, 0.3) is 11.8 Å². The van der Waals surface area contributed by atoms with E-state index in [1.807, 2.05) is 73.7 Å². The monoisotopic (exact) mass is 414 g/mol. The summed E-state index contributed by atoms with van der Waals surface area (Å²) in [5, 5.41) is 3.04. The number of amides is 2. The Hall–Kier alpha value is -3.31. The second-order valence-electron chi connectivity index (χ2n) is 7.09. The van der Waals surface area contributed by atoms with E-state index in [1.165, 1.54) is 11.8 Å². The lowest BCUT2D eigenvalue weighted by molar-refractivity contribution is 0.0937.